The molecule has 0 radical (unpaired) electrons. The van der Waals surface area contributed by atoms with Crippen LogP contribution in [0.25, 0.3) is 10.8 Å². The second-order valence-electron chi connectivity index (χ2n) is 4.39. The van der Waals surface area contributed by atoms with Gasteiger partial charge in [0, 0.05) is 6.42 Å². The standard InChI is InChI=1S/C15H15NO3/c1-10(17)16-14(15(18)19)9-11-6-7-12-4-2-3-5-13(12)8-11/h2-8,14H,9H2,1H3,(H,16,17)(H,18,19)/p-1/t14-/m0/s1. The van der Waals surface area contributed by atoms with Crippen molar-refractivity contribution in [3.05, 3.63) is 48.0 Å². The van der Waals surface area contributed by atoms with Gasteiger partial charge in [-0.15, -0.1) is 0 Å². The Bertz CT molecular complexity index is 630. The molecule has 0 saturated carbocycles. The maximum atomic E-state index is 11.1. The molecule has 19 heavy (non-hydrogen) atoms. The molecule has 1 N–H and O–H groups in total. The number of hydrogen-bond donors (Lipinski definition) is 1. The number of aliphatic carboxylic acids is 1. The Morgan fingerprint density at radius 2 is 1.95 bits per heavy atom. The van der Waals surface area contributed by atoms with Crippen molar-refractivity contribution in [3.8, 4) is 0 Å². The zero-order valence-electron chi connectivity index (χ0n) is 10.5. The van der Waals surface area contributed by atoms with Crippen molar-refractivity contribution in [2.75, 3.05) is 0 Å². The Hall–Kier alpha value is -2.36. The largest absolute Gasteiger partial charge is 0.862 e. The molecule has 0 heterocycles. The average molecular weight is 256 g/mol. The van der Waals surface area contributed by atoms with Gasteiger partial charge in [0.2, 0.25) is 0 Å². The second-order valence-corrected chi connectivity index (χ2v) is 4.39. The zero-order chi connectivity index (χ0) is 13.8. The summed E-state index contributed by atoms with van der Waals surface area (Å²) in [5.41, 5.74) is 0.858. The van der Waals surface area contributed by atoms with Crippen molar-refractivity contribution < 1.29 is 15.0 Å². The lowest BCUT2D eigenvalue weighted by molar-refractivity contribution is -0.216. The first-order valence-corrected chi connectivity index (χ1v) is 5.98. The van der Waals surface area contributed by atoms with Gasteiger partial charge < -0.3 is 10.2 Å². The van der Waals surface area contributed by atoms with Gasteiger partial charge in [0.1, 0.15) is 6.04 Å². The highest BCUT2D eigenvalue weighted by molar-refractivity contribution is 5.83. The minimum absolute atomic E-state index is 0.222. The fourth-order valence-corrected chi connectivity index (χ4v) is 2.00. The molecule has 0 fully saturated rings. The highest BCUT2D eigenvalue weighted by Crippen LogP contribution is 2.17. The first kappa shape index (κ1) is 13.1. The molecule has 2 aromatic rings. The van der Waals surface area contributed by atoms with Crippen LogP contribution in [0.3, 0.4) is 0 Å². The minimum Gasteiger partial charge on any atom is -0.862 e. The number of benzene rings is 2. The van der Waals surface area contributed by atoms with Crippen LogP contribution < -0.4 is 5.11 Å². The van der Waals surface area contributed by atoms with Crippen LogP contribution in [0.4, 0.5) is 0 Å². The van der Waals surface area contributed by atoms with Gasteiger partial charge in [-0.3, -0.25) is 4.99 Å². The smallest absolute Gasteiger partial charge is 0.328 e. The molecule has 0 amide bonds. The lowest BCUT2D eigenvalue weighted by Crippen LogP contribution is -2.25. The van der Waals surface area contributed by atoms with E-state index in [0.717, 1.165) is 16.3 Å². The van der Waals surface area contributed by atoms with Crippen LogP contribution in [0.2, 0.25) is 0 Å². The normalized spacial score (nSPS) is 13.4. The molecule has 2 aromatic carbocycles. The number of aliphatic imine (C=N–C) groups is 1. The summed E-state index contributed by atoms with van der Waals surface area (Å²) >= 11 is 0. The Balaban J connectivity index is 2.29. The average Bonchev–Trinajstić information content (AvgIpc) is 2.37. The number of fused-ring (bicyclic) bond motifs is 1. The first-order valence-electron chi connectivity index (χ1n) is 5.98. The number of carbonyl (C=O) groups is 1. The molecule has 2 rings (SSSR count). The molecule has 0 aliphatic heterocycles. The topological polar surface area (TPSA) is 72.7 Å². The Morgan fingerprint density at radius 3 is 2.58 bits per heavy atom. The van der Waals surface area contributed by atoms with Crippen LogP contribution in [0.1, 0.15) is 12.5 Å². The molecule has 4 heteroatoms. The Labute approximate surface area is 111 Å². The molecular formula is C15H14NO3-. The number of hydrogen-bond acceptors (Lipinski definition) is 3. The van der Waals surface area contributed by atoms with E-state index >= 15 is 0 Å². The lowest BCUT2D eigenvalue weighted by Gasteiger charge is -2.12. The van der Waals surface area contributed by atoms with Crippen molar-refractivity contribution in [2.45, 2.75) is 19.4 Å². The van der Waals surface area contributed by atoms with Crippen molar-refractivity contribution in [1.29, 1.82) is 0 Å². The predicted molar refractivity (Wildman–Crippen MR) is 72.2 cm³/mol. The third kappa shape index (κ3) is 3.31. The molecule has 0 aliphatic rings. The van der Waals surface area contributed by atoms with Crippen LogP contribution in [0.15, 0.2) is 47.5 Å². The third-order valence-corrected chi connectivity index (χ3v) is 2.87. The van der Waals surface area contributed by atoms with Gasteiger partial charge in [-0.1, -0.05) is 42.5 Å². The van der Waals surface area contributed by atoms with Gasteiger partial charge in [0.25, 0.3) is 0 Å². The van der Waals surface area contributed by atoms with E-state index in [9.17, 15) is 9.90 Å². The number of carboxylic acid groups (broad SMARTS) is 1. The van der Waals surface area contributed by atoms with Crippen molar-refractivity contribution in [1.82, 2.24) is 0 Å². The molecule has 98 valence electrons. The van der Waals surface area contributed by atoms with E-state index < -0.39 is 17.9 Å². The summed E-state index contributed by atoms with van der Waals surface area (Å²) in [6.45, 7) is 1.26. The molecule has 0 saturated heterocycles. The quantitative estimate of drug-likeness (QED) is 0.667. The molecule has 0 aliphatic carbocycles. The van der Waals surface area contributed by atoms with E-state index in [1.54, 1.807) is 0 Å². The summed E-state index contributed by atoms with van der Waals surface area (Å²) in [4.78, 5) is 14.7. The number of carboxylic acids is 1. The Kier molecular flexibility index (Phi) is 3.80. The number of rotatable bonds is 4. The van der Waals surface area contributed by atoms with E-state index in [1.807, 2.05) is 42.5 Å². The van der Waals surface area contributed by atoms with Crippen LogP contribution in [0.5, 0.6) is 0 Å². The van der Waals surface area contributed by atoms with Gasteiger partial charge >= 0.3 is 5.97 Å². The summed E-state index contributed by atoms with van der Waals surface area (Å²) in [5, 5.41) is 22.1. The van der Waals surface area contributed by atoms with Gasteiger partial charge in [-0.2, -0.15) is 0 Å². The second kappa shape index (κ2) is 5.52. The monoisotopic (exact) mass is 256 g/mol. The van der Waals surface area contributed by atoms with E-state index in [-0.39, 0.29) is 6.42 Å². The summed E-state index contributed by atoms with van der Waals surface area (Å²) in [6.07, 6.45) is 0.222. The van der Waals surface area contributed by atoms with Gasteiger partial charge in [-0.05, 0) is 29.2 Å². The summed E-state index contributed by atoms with van der Waals surface area (Å²) < 4.78 is 0. The van der Waals surface area contributed by atoms with E-state index in [0.29, 0.717) is 0 Å². The van der Waals surface area contributed by atoms with Gasteiger partial charge in [-0.25, -0.2) is 4.79 Å². The SMILES string of the molecule is CC([O-])=N[C@@H](Cc1ccc2ccccc2c1)C(=O)O. The van der Waals surface area contributed by atoms with Crippen LogP contribution in [-0.4, -0.2) is 23.0 Å². The third-order valence-electron chi connectivity index (χ3n) is 2.87. The van der Waals surface area contributed by atoms with Crippen LogP contribution >= 0.6 is 0 Å². The first-order chi connectivity index (χ1) is 9.06. The molecule has 0 spiro atoms. The van der Waals surface area contributed by atoms with E-state index in [2.05, 4.69) is 4.99 Å². The Morgan fingerprint density at radius 1 is 1.26 bits per heavy atom. The molecule has 0 unspecified atom stereocenters. The number of nitrogens with zero attached hydrogens (tertiary/aromatic N) is 1. The van der Waals surface area contributed by atoms with E-state index in [4.69, 9.17) is 5.11 Å². The fourth-order valence-electron chi connectivity index (χ4n) is 2.00. The maximum absolute atomic E-state index is 11.1. The van der Waals surface area contributed by atoms with Crippen LogP contribution in [0, 0.1) is 0 Å². The van der Waals surface area contributed by atoms with Gasteiger partial charge in [0.15, 0.2) is 0 Å². The highest BCUT2D eigenvalue weighted by atomic mass is 16.4. The molecule has 4 nitrogen and oxygen atoms in total. The predicted octanol–water partition coefficient (Wildman–Crippen LogP) is 1.61. The summed E-state index contributed by atoms with van der Waals surface area (Å²) in [7, 11) is 0. The fraction of sp³-hybridized carbons (Fsp3) is 0.200. The zero-order valence-corrected chi connectivity index (χ0v) is 10.5. The van der Waals surface area contributed by atoms with E-state index in [1.165, 1.54) is 6.92 Å². The van der Waals surface area contributed by atoms with Gasteiger partial charge in [0.05, 0.1) is 0 Å². The maximum Gasteiger partial charge on any atom is 0.328 e. The molecule has 0 bridgehead atoms. The highest BCUT2D eigenvalue weighted by Gasteiger charge is 2.16. The lowest BCUT2D eigenvalue weighted by atomic mass is 10.0. The molecule has 0 aromatic heterocycles. The summed E-state index contributed by atoms with van der Waals surface area (Å²) in [6, 6.07) is 12.6. The van der Waals surface area contributed by atoms with Crippen molar-refractivity contribution >= 4 is 22.6 Å². The van der Waals surface area contributed by atoms with Crippen molar-refractivity contribution in [2.24, 2.45) is 4.99 Å². The van der Waals surface area contributed by atoms with Crippen LogP contribution in [-0.2, 0) is 11.2 Å². The summed E-state index contributed by atoms with van der Waals surface area (Å²) in [5.74, 6) is -1.54. The molecular weight excluding hydrogens is 242 g/mol. The minimum atomic E-state index is -1.08. The van der Waals surface area contributed by atoms with Crippen molar-refractivity contribution in [3.63, 3.8) is 0 Å². The molecule has 1 atom stereocenters.